The highest BCUT2D eigenvalue weighted by molar-refractivity contribution is 5.28. The first kappa shape index (κ1) is 14.7. The molecule has 2 heteroatoms. The average molecular weight is 271 g/mol. The van der Waals surface area contributed by atoms with Gasteiger partial charge in [-0.3, -0.25) is 0 Å². The molecule has 106 valence electrons. The predicted octanol–water partition coefficient (Wildman–Crippen LogP) is 4.03. The fourth-order valence-electron chi connectivity index (χ4n) is 2.46. The monoisotopic (exact) mass is 271 g/mol. The van der Waals surface area contributed by atoms with Crippen molar-refractivity contribution in [1.82, 2.24) is 5.32 Å². The third kappa shape index (κ3) is 3.91. The Balaban J connectivity index is 1.84. The van der Waals surface area contributed by atoms with E-state index < -0.39 is 0 Å². The van der Waals surface area contributed by atoms with Crippen LogP contribution < -0.4 is 5.32 Å². The minimum Gasteiger partial charge on any atom is -0.312 e. The van der Waals surface area contributed by atoms with E-state index in [1.807, 2.05) is 13.0 Å². The Morgan fingerprint density at radius 2 is 1.75 bits per heavy atom. The van der Waals surface area contributed by atoms with E-state index in [2.05, 4.69) is 36.5 Å². The summed E-state index contributed by atoms with van der Waals surface area (Å²) < 4.78 is 13.0. The molecule has 0 atom stereocenters. The van der Waals surface area contributed by atoms with Gasteiger partial charge >= 0.3 is 0 Å². The van der Waals surface area contributed by atoms with Gasteiger partial charge in [0.2, 0.25) is 0 Å². The Kier molecular flexibility index (Phi) is 5.31. The maximum absolute atomic E-state index is 13.0. The Labute approximate surface area is 120 Å². The average Bonchev–Trinajstić information content (AvgIpc) is 2.46. The van der Waals surface area contributed by atoms with Gasteiger partial charge in [0, 0.05) is 6.54 Å². The summed E-state index contributed by atoms with van der Waals surface area (Å²) in [6.45, 7) is 5.94. The highest BCUT2D eigenvalue weighted by Crippen LogP contribution is 2.11. The number of rotatable bonds is 6. The molecule has 0 aromatic heterocycles. The molecule has 1 N–H and O–H groups in total. The van der Waals surface area contributed by atoms with Gasteiger partial charge in [-0.1, -0.05) is 37.3 Å². The van der Waals surface area contributed by atoms with Crippen LogP contribution in [0.2, 0.25) is 0 Å². The molecule has 0 unspecified atom stereocenters. The fraction of sp³-hybridized carbons (Fsp3) is 0.333. The Hall–Kier alpha value is -1.67. The normalized spacial score (nSPS) is 10.8. The van der Waals surface area contributed by atoms with Crippen LogP contribution in [0.1, 0.15) is 29.2 Å². The quantitative estimate of drug-likeness (QED) is 0.782. The molecule has 0 spiro atoms. The largest absolute Gasteiger partial charge is 0.312 e. The number of benzene rings is 2. The second-order valence-corrected chi connectivity index (χ2v) is 5.12. The molecule has 0 fully saturated rings. The van der Waals surface area contributed by atoms with Gasteiger partial charge in [-0.2, -0.15) is 0 Å². The summed E-state index contributed by atoms with van der Waals surface area (Å²) in [6.07, 6.45) is 2.00. The predicted molar refractivity (Wildman–Crippen MR) is 82.4 cm³/mol. The summed E-state index contributed by atoms with van der Waals surface area (Å²) in [6, 6.07) is 13.5. The van der Waals surface area contributed by atoms with Crippen LogP contribution in [0.5, 0.6) is 0 Å². The van der Waals surface area contributed by atoms with Gasteiger partial charge < -0.3 is 5.32 Å². The van der Waals surface area contributed by atoms with E-state index in [4.69, 9.17) is 0 Å². The van der Waals surface area contributed by atoms with Crippen molar-refractivity contribution < 1.29 is 4.39 Å². The zero-order chi connectivity index (χ0) is 14.4. The second kappa shape index (κ2) is 7.20. The van der Waals surface area contributed by atoms with E-state index in [0.29, 0.717) is 0 Å². The van der Waals surface area contributed by atoms with Crippen LogP contribution >= 0.6 is 0 Å². The molecule has 2 rings (SSSR count). The molecule has 2 aromatic rings. The van der Waals surface area contributed by atoms with Crippen molar-refractivity contribution in [3.05, 3.63) is 70.5 Å². The van der Waals surface area contributed by atoms with E-state index in [1.165, 1.54) is 22.8 Å². The zero-order valence-electron chi connectivity index (χ0n) is 12.2. The third-order valence-corrected chi connectivity index (χ3v) is 3.69. The van der Waals surface area contributed by atoms with Crippen LogP contribution in [0.25, 0.3) is 0 Å². The van der Waals surface area contributed by atoms with Gasteiger partial charge in [-0.15, -0.1) is 0 Å². The molecule has 0 heterocycles. The van der Waals surface area contributed by atoms with Crippen LogP contribution in [0.4, 0.5) is 4.39 Å². The van der Waals surface area contributed by atoms with Crippen molar-refractivity contribution in [2.75, 3.05) is 6.54 Å². The second-order valence-electron chi connectivity index (χ2n) is 5.12. The third-order valence-electron chi connectivity index (χ3n) is 3.69. The molecule has 0 radical (unpaired) electrons. The Bertz CT molecular complexity index is 563. The summed E-state index contributed by atoms with van der Waals surface area (Å²) in [7, 11) is 0. The summed E-state index contributed by atoms with van der Waals surface area (Å²) in [5.41, 5.74) is 5.01. The summed E-state index contributed by atoms with van der Waals surface area (Å²) in [5, 5.41) is 3.47. The Morgan fingerprint density at radius 1 is 1.00 bits per heavy atom. The lowest BCUT2D eigenvalue weighted by atomic mass is 10.0. The van der Waals surface area contributed by atoms with Gasteiger partial charge in [0.25, 0.3) is 0 Å². The zero-order valence-corrected chi connectivity index (χ0v) is 12.2. The molecule has 0 aliphatic carbocycles. The van der Waals surface area contributed by atoms with E-state index in [1.54, 1.807) is 6.07 Å². The van der Waals surface area contributed by atoms with Crippen molar-refractivity contribution >= 4 is 0 Å². The van der Waals surface area contributed by atoms with Crippen LogP contribution in [0, 0.1) is 12.7 Å². The summed E-state index contributed by atoms with van der Waals surface area (Å²) >= 11 is 0. The maximum atomic E-state index is 13.0. The molecule has 0 aliphatic heterocycles. The van der Waals surface area contributed by atoms with Crippen LogP contribution in [-0.4, -0.2) is 6.54 Å². The lowest BCUT2D eigenvalue weighted by Crippen LogP contribution is -2.18. The lowest BCUT2D eigenvalue weighted by Gasteiger charge is -2.10. The molecule has 0 bridgehead atoms. The molecule has 0 saturated carbocycles. The molecule has 1 nitrogen and oxygen atoms in total. The molecular weight excluding hydrogens is 249 g/mol. The Morgan fingerprint density at radius 3 is 2.45 bits per heavy atom. The highest BCUT2D eigenvalue weighted by Gasteiger charge is 2.01. The van der Waals surface area contributed by atoms with Crippen molar-refractivity contribution in [2.24, 2.45) is 0 Å². The minimum absolute atomic E-state index is 0.156. The van der Waals surface area contributed by atoms with Crippen molar-refractivity contribution in [3.8, 4) is 0 Å². The molecule has 20 heavy (non-hydrogen) atoms. The molecule has 0 saturated heterocycles. The molecule has 0 amide bonds. The fourth-order valence-corrected chi connectivity index (χ4v) is 2.46. The van der Waals surface area contributed by atoms with Crippen LogP contribution in [0.3, 0.4) is 0 Å². The first-order valence-corrected chi connectivity index (χ1v) is 7.23. The number of halogens is 1. The van der Waals surface area contributed by atoms with E-state index in [9.17, 15) is 4.39 Å². The number of nitrogens with one attached hydrogen (secondary N) is 1. The number of aryl methyl sites for hydroxylation is 2. The first-order valence-electron chi connectivity index (χ1n) is 7.23. The van der Waals surface area contributed by atoms with Gasteiger partial charge in [-0.25, -0.2) is 4.39 Å². The van der Waals surface area contributed by atoms with E-state index in [-0.39, 0.29) is 5.82 Å². The maximum Gasteiger partial charge on any atom is 0.123 e. The van der Waals surface area contributed by atoms with Gasteiger partial charge in [0.1, 0.15) is 5.82 Å². The van der Waals surface area contributed by atoms with E-state index >= 15 is 0 Å². The van der Waals surface area contributed by atoms with Crippen molar-refractivity contribution in [3.63, 3.8) is 0 Å². The topological polar surface area (TPSA) is 12.0 Å². The molecule has 0 aliphatic rings. The highest BCUT2D eigenvalue weighted by atomic mass is 19.1. The SMILES string of the molecule is CCc1ccccc1CNCCc1ccc(F)cc1C. The first-order chi connectivity index (χ1) is 9.70. The van der Waals surface area contributed by atoms with Crippen LogP contribution in [0.15, 0.2) is 42.5 Å². The standard InChI is InChI=1S/C18H22FN/c1-3-15-6-4-5-7-17(15)13-20-11-10-16-8-9-18(19)12-14(16)2/h4-9,12,20H,3,10-11,13H2,1-2H3. The van der Waals surface area contributed by atoms with E-state index in [0.717, 1.165) is 31.5 Å². The minimum atomic E-state index is -0.156. The molecular formula is C18H22FN. The number of hydrogen-bond acceptors (Lipinski definition) is 1. The van der Waals surface area contributed by atoms with Crippen molar-refractivity contribution in [2.45, 2.75) is 33.2 Å². The number of hydrogen-bond donors (Lipinski definition) is 1. The van der Waals surface area contributed by atoms with Crippen molar-refractivity contribution in [1.29, 1.82) is 0 Å². The smallest absolute Gasteiger partial charge is 0.123 e. The molecule has 2 aromatic carbocycles. The van der Waals surface area contributed by atoms with Crippen LogP contribution in [-0.2, 0) is 19.4 Å². The van der Waals surface area contributed by atoms with Gasteiger partial charge in [0.05, 0.1) is 0 Å². The van der Waals surface area contributed by atoms with Gasteiger partial charge in [-0.05, 0) is 60.7 Å². The summed E-state index contributed by atoms with van der Waals surface area (Å²) in [5.74, 6) is -0.156. The summed E-state index contributed by atoms with van der Waals surface area (Å²) in [4.78, 5) is 0. The lowest BCUT2D eigenvalue weighted by molar-refractivity contribution is 0.624. The van der Waals surface area contributed by atoms with Gasteiger partial charge in [0.15, 0.2) is 0 Å².